The molecule has 0 spiro atoms. The maximum Gasteiger partial charge on any atom is 0.0765 e. The van der Waals surface area contributed by atoms with E-state index in [1.54, 1.807) is 7.11 Å². The number of hydrogen-bond acceptors (Lipinski definition) is 4. The average molecular weight is 202 g/mol. The van der Waals surface area contributed by atoms with Crippen molar-refractivity contribution in [3.05, 3.63) is 0 Å². The molecule has 0 heterocycles. The Morgan fingerprint density at radius 2 is 2.21 bits per heavy atom. The second-order valence-corrected chi connectivity index (χ2v) is 4.55. The summed E-state index contributed by atoms with van der Waals surface area (Å²) in [4.78, 5) is 0. The van der Waals surface area contributed by atoms with Gasteiger partial charge >= 0.3 is 0 Å². The molecule has 4 nitrogen and oxygen atoms in total. The van der Waals surface area contributed by atoms with E-state index >= 15 is 0 Å². The Morgan fingerprint density at radius 1 is 1.57 bits per heavy atom. The zero-order valence-corrected chi connectivity index (χ0v) is 9.12. The summed E-state index contributed by atoms with van der Waals surface area (Å²) in [6, 6.07) is 0.857. The zero-order valence-electron chi connectivity index (χ0n) is 9.12. The van der Waals surface area contributed by atoms with Crippen molar-refractivity contribution < 1.29 is 9.84 Å². The number of hydrogen-bond donors (Lipinski definition) is 3. The van der Waals surface area contributed by atoms with Gasteiger partial charge in [-0.05, 0) is 19.8 Å². The molecular formula is C10H22N2O2. The molecule has 0 bridgehead atoms. The Labute approximate surface area is 85.8 Å². The van der Waals surface area contributed by atoms with E-state index in [0.29, 0.717) is 31.7 Å². The largest absolute Gasteiger partial charge is 0.389 e. The van der Waals surface area contributed by atoms with Gasteiger partial charge in [0, 0.05) is 38.8 Å². The van der Waals surface area contributed by atoms with Crippen molar-refractivity contribution >= 4 is 0 Å². The molecule has 0 aromatic carbocycles. The van der Waals surface area contributed by atoms with Gasteiger partial charge in [0.25, 0.3) is 0 Å². The van der Waals surface area contributed by atoms with Gasteiger partial charge in [-0.3, -0.25) is 0 Å². The van der Waals surface area contributed by atoms with E-state index in [2.05, 4.69) is 5.32 Å². The van der Waals surface area contributed by atoms with Crippen LogP contribution in [0.5, 0.6) is 0 Å². The third kappa shape index (κ3) is 3.92. The highest BCUT2D eigenvalue weighted by atomic mass is 16.5. The number of ether oxygens (including phenoxy) is 1. The van der Waals surface area contributed by atoms with Gasteiger partial charge in [-0.2, -0.15) is 0 Å². The molecule has 4 N–H and O–H groups in total. The number of aliphatic hydroxyl groups is 1. The fraction of sp³-hybridized carbons (Fsp3) is 1.00. The molecule has 1 unspecified atom stereocenters. The molecule has 1 saturated carbocycles. The summed E-state index contributed by atoms with van der Waals surface area (Å²) in [5, 5.41) is 13.2. The number of methoxy groups -OCH3 is 1. The van der Waals surface area contributed by atoms with Crippen molar-refractivity contribution in [2.24, 2.45) is 5.73 Å². The maximum atomic E-state index is 9.91. The second kappa shape index (κ2) is 5.07. The molecule has 1 aliphatic rings. The summed E-state index contributed by atoms with van der Waals surface area (Å²) in [6.07, 6.45) is 2.72. The lowest BCUT2D eigenvalue weighted by atomic mass is 9.87. The Kier molecular flexibility index (Phi) is 4.31. The first kappa shape index (κ1) is 11.9. The highest BCUT2D eigenvalue weighted by Crippen LogP contribution is 2.18. The standard InChI is InChI=1S/C10H22N2O2/c1-10(13,3-4-14-2)7-12-9-5-8(11)6-9/h8-9,12-13H,3-7,11H2,1-2H3. The molecule has 84 valence electrons. The first-order valence-electron chi connectivity index (χ1n) is 5.24. The van der Waals surface area contributed by atoms with E-state index in [4.69, 9.17) is 10.5 Å². The molecule has 0 saturated heterocycles. The predicted molar refractivity (Wildman–Crippen MR) is 56.1 cm³/mol. The lowest BCUT2D eigenvalue weighted by molar-refractivity contribution is 0.0198. The van der Waals surface area contributed by atoms with Gasteiger partial charge in [-0.15, -0.1) is 0 Å². The quantitative estimate of drug-likeness (QED) is 0.560. The van der Waals surface area contributed by atoms with E-state index in [1.165, 1.54) is 0 Å². The minimum atomic E-state index is -0.671. The van der Waals surface area contributed by atoms with E-state index in [1.807, 2.05) is 6.92 Å². The molecule has 1 fully saturated rings. The van der Waals surface area contributed by atoms with Gasteiger partial charge in [0.15, 0.2) is 0 Å². The van der Waals surface area contributed by atoms with Gasteiger partial charge in [0.1, 0.15) is 0 Å². The van der Waals surface area contributed by atoms with Crippen LogP contribution in [0.1, 0.15) is 26.2 Å². The zero-order chi connectivity index (χ0) is 10.6. The Bertz CT molecular complexity index is 168. The molecule has 4 heteroatoms. The lowest BCUT2D eigenvalue weighted by Crippen LogP contribution is -2.52. The topological polar surface area (TPSA) is 67.5 Å². The molecule has 0 aromatic rings. The van der Waals surface area contributed by atoms with Crippen LogP contribution in [0.15, 0.2) is 0 Å². The van der Waals surface area contributed by atoms with E-state index in [-0.39, 0.29) is 0 Å². The van der Waals surface area contributed by atoms with Gasteiger partial charge in [-0.25, -0.2) is 0 Å². The van der Waals surface area contributed by atoms with Crippen molar-refractivity contribution in [3.8, 4) is 0 Å². The van der Waals surface area contributed by atoms with Crippen LogP contribution in [0.3, 0.4) is 0 Å². The normalized spacial score (nSPS) is 30.9. The molecular weight excluding hydrogens is 180 g/mol. The van der Waals surface area contributed by atoms with Crippen molar-refractivity contribution in [1.29, 1.82) is 0 Å². The summed E-state index contributed by atoms with van der Waals surface area (Å²) in [6.45, 7) is 3.05. The molecule has 0 aromatic heterocycles. The van der Waals surface area contributed by atoms with Crippen LogP contribution >= 0.6 is 0 Å². The molecule has 1 rings (SSSR count). The third-order valence-corrected chi connectivity index (χ3v) is 2.79. The minimum absolute atomic E-state index is 0.358. The molecule has 1 atom stereocenters. The Balaban J connectivity index is 2.09. The highest BCUT2D eigenvalue weighted by Gasteiger charge is 2.28. The summed E-state index contributed by atoms with van der Waals surface area (Å²) in [5.41, 5.74) is 4.99. The van der Waals surface area contributed by atoms with E-state index in [9.17, 15) is 5.11 Å². The predicted octanol–water partition coefficient (Wildman–Crippen LogP) is -0.147. The lowest BCUT2D eigenvalue weighted by Gasteiger charge is -2.35. The van der Waals surface area contributed by atoms with Crippen molar-refractivity contribution in [2.45, 2.75) is 43.9 Å². The molecule has 14 heavy (non-hydrogen) atoms. The second-order valence-electron chi connectivity index (χ2n) is 4.55. The molecule has 0 amide bonds. The molecule has 0 radical (unpaired) electrons. The smallest absolute Gasteiger partial charge is 0.0765 e. The van der Waals surface area contributed by atoms with Gasteiger partial charge < -0.3 is 20.9 Å². The van der Waals surface area contributed by atoms with Crippen LogP contribution in [0.4, 0.5) is 0 Å². The first-order valence-corrected chi connectivity index (χ1v) is 5.24. The molecule has 1 aliphatic carbocycles. The fourth-order valence-corrected chi connectivity index (χ4v) is 1.60. The summed E-state index contributed by atoms with van der Waals surface area (Å²) in [7, 11) is 1.65. The monoisotopic (exact) mass is 202 g/mol. The molecule has 0 aliphatic heterocycles. The maximum absolute atomic E-state index is 9.91. The highest BCUT2D eigenvalue weighted by molar-refractivity contribution is 4.89. The van der Waals surface area contributed by atoms with E-state index in [0.717, 1.165) is 12.8 Å². The Hall–Kier alpha value is -0.160. The van der Waals surface area contributed by atoms with Crippen molar-refractivity contribution in [3.63, 3.8) is 0 Å². The number of nitrogens with two attached hydrogens (primary N) is 1. The third-order valence-electron chi connectivity index (χ3n) is 2.79. The Morgan fingerprint density at radius 3 is 2.71 bits per heavy atom. The SMILES string of the molecule is COCCC(C)(O)CNC1CC(N)C1. The van der Waals surface area contributed by atoms with Crippen LogP contribution in [0.25, 0.3) is 0 Å². The van der Waals surface area contributed by atoms with Gasteiger partial charge in [0.05, 0.1) is 5.60 Å². The summed E-state index contributed by atoms with van der Waals surface area (Å²) < 4.78 is 4.93. The van der Waals surface area contributed by atoms with Crippen molar-refractivity contribution in [2.75, 3.05) is 20.3 Å². The van der Waals surface area contributed by atoms with Gasteiger partial charge in [0.2, 0.25) is 0 Å². The number of nitrogens with one attached hydrogen (secondary N) is 1. The minimum Gasteiger partial charge on any atom is -0.389 e. The van der Waals surface area contributed by atoms with Crippen LogP contribution in [0.2, 0.25) is 0 Å². The van der Waals surface area contributed by atoms with Crippen molar-refractivity contribution in [1.82, 2.24) is 5.32 Å². The van der Waals surface area contributed by atoms with Crippen LogP contribution in [-0.2, 0) is 4.74 Å². The average Bonchev–Trinajstić information content (AvgIpc) is 2.07. The summed E-state index contributed by atoms with van der Waals surface area (Å²) in [5.74, 6) is 0. The van der Waals surface area contributed by atoms with Crippen LogP contribution in [0, 0.1) is 0 Å². The van der Waals surface area contributed by atoms with Gasteiger partial charge in [-0.1, -0.05) is 0 Å². The first-order chi connectivity index (χ1) is 6.53. The van der Waals surface area contributed by atoms with E-state index < -0.39 is 5.60 Å². The number of rotatable bonds is 6. The fourth-order valence-electron chi connectivity index (χ4n) is 1.60. The van der Waals surface area contributed by atoms with Crippen LogP contribution < -0.4 is 11.1 Å². The summed E-state index contributed by atoms with van der Waals surface area (Å²) >= 11 is 0. The van der Waals surface area contributed by atoms with Crippen LogP contribution in [-0.4, -0.2) is 43.1 Å².